The van der Waals surface area contributed by atoms with Gasteiger partial charge in [-0.15, -0.1) is 5.10 Å². The molecule has 0 atom stereocenters. The second kappa shape index (κ2) is 2.92. The first-order chi connectivity index (χ1) is 5.86. The molecule has 0 aromatic carbocycles. The molecule has 0 radical (unpaired) electrons. The highest BCUT2D eigenvalue weighted by Crippen LogP contribution is 2.13. The molecule has 2 heterocycles. The van der Waals surface area contributed by atoms with Crippen LogP contribution in [-0.4, -0.2) is 34.3 Å². The van der Waals surface area contributed by atoms with E-state index in [9.17, 15) is 4.79 Å². The van der Waals surface area contributed by atoms with E-state index < -0.39 is 0 Å². The molecule has 0 bridgehead atoms. The summed E-state index contributed by atoms with van der Waals surface area (Å²) >= 11 is 0. The maximum absolute atomic E-state index is 10.9. The Bertz CT molecular complexity index is 259. The first kappa shape index (κ1) is 7.27. The minimum absolute atomic E-state index is 0.342. The molecule has 1 aliphatic rings. The lowest BCUT2D eigenvalue weighted by Crippen LogP contribution is -2.33. The van der Waals surface area contributed by atoms with Crippen LogP contribution in [0.5, 0.6) is 0 Å². The lowest BCUT2D eigenvalue weighted by atomic mass is 10.2. The van der Waals surface area contributed by atoms with Gasteiger partial charge in [0.05, 0.1) is 6.20 Å². The molecule has 1 N–H and O–H groups in total. The molecule has 2 rings (SSSR count). The summed E-state index contributed by atoms with van der Waals surface area (Å²) in [6, 6.07) is 0. The van der Waals surface area contributed by atoms with Crippen molar-refractivity contribution in [2.24, 2.45) is 0 Å². The Hall–Kier alpha value is -1.39. The third kappa shape index (κ3) is 1.30. The van der Waals surface area contributed by atoms with E-state index in [0.29, 0.717) is 18.6 Å². The second-order valence-corrected chi connectivity index (χ2v) is 2.85. The van der Waals surface area contributed by atoms with E-state index in [1.165, 1.54) is 0 Å². The minimum Gasteiger partial charge on any atom is -0.353 e. The normalized spacial score (nSPS) is 18.3. The van der Waals surface area contributed by atoms with Crippen LogP contribution >= 0.6 is 0 Å². The van der Waals surface area contributed by atoms with Crippen molar-refractivity contribution < 1.29 is 4.79 Å². The average molecular weight is 167 g/mol. The van der Waals surface area contributed by atoms with Crippen molar-refractivity contribution in [3.05, 3.63) is 6.20 Å². The molecule has 1 aliphatic heterocycles. The number of aromatic amines is 1. The monoisotopic (exact) mass is 167 g/mol. The van der Waals surface area contributed by atoms with Crippen LogP contribution in [0.3, 0.4) is 0 Å². The van der Waals surface area contributed by atoms with Crippen LogP contribution in [-0.2, 0) is 4.79 Å². The Kier molecular flexibility index (Phi) is 1.77. The van der Waals surface area contributed by atoms with Gasteiger partial charge in [-0.1, -0.05) is 0 Å². The lowest BCUT2D eigenvalue weighted by Gasteiger charge is -2.24. The number of piperidine rings is 1. The first-order valence-electron chi connectivity index (χ1n) is 3.98. The summed E-state index contributed by atoms with van der Waals surface area (Å²) in [7, 11) is 0. The summed E-state index contributed by atoms with van der Waals surface area (Å²) in [5, 5.41) is 10.2. The molecule has 1 saturated heterocycles. The van der Waals surface area contributed by atoms with Gasteiger partial charge in [0.2, 0.25) is 0 Å². The Morgan fingerprint density at radius 3 is 2.75 bits per heavy atom. The molecular formula is C7H10N4O. The van der Waals surface area contributed by atoms with Crippen LogP contribution in [0.1, 0.15) is 12.8 Å². The van der Waals surface area contributed by atoms with Gasteiger partial charge in [0.15, 0.2) is 5.82 Å². The first-order valence-corrected chi connectivity index (χ1v) is 3.98. The Morgan fingerprint density at radius 1 is 1.42 bits per heavy atom. The average Bonchev–Trinajstić information content (AvgIpc) is 2.58. The third-order valence-corrected chi connectivity index (χ3v) is 2.05. The molecule has 0 saturated carbocycles. The number of ketones is 1. The fourth-order valence-electron chi connectivity index (χ4n) is 1.33. The van der Waals surface area contributed by atoms with E-state index >= 15 is 0 Å². The molecule has 0 spiro atoms. The van der Waals surface area contributed by atoms with Crippen molar-refractivity contribution in [2.45, 2.75) is 12.8 Å². The van der Waals surface area contributed by atoms with Crippen LogP contribution in [0, 0.1) is 0 Å². The number of anilines is 1. The molecule has 0 amide bonds. The van der Waals surface area contributed by atoms with Gasteiger partial charge in [-0.3, -0.25) is 4.79 Å². The van der Waals surface area contributed by atoms with E-state index in [0.717, 1.165) is 18.9 Å². The highest BCUT2D eigenvalue weighted by molar-refractivity contribution is 5.80. The van der Waals surface area contributed by atoms with Crippen molar-refractivity contribution in [2.75, 3.05) is 18.0 Å². The van der Waals surface area contributed by atoms with Gasteiger partial charge in [-0.2, -0.15) is 10.3 Å². The van der Waals surface area contributed by atoms with Gasteiger partial charge in [-0.25, -0.2) is 0 Å². The fraction of sp³-hybridized carbons (Fsp3) is 0.571. The molecule has 5 nitrogen and oxygen atoms in total. The number of carbonyl (C=O) groups is 1. The molecule has 1 fully saturated rings. The maximum Gasteiger partial charge on any atom is 0.170 e. The van der Waals surface area contributed by atoms with E-state index in [2.05, 4.69) is 20.3 Å². The van der Waals surface area contributed by atoms with Crippen molar-refractivity contribution in [3.8, 4) is 0 Å². The highest BCUT2D eigenvalue weighted by Gasteiger charge is 2.17. The maximum atomic E-state index is 10.9. The van der Waals surface area contributed by atoms with Crippen LogP contribution in [0.25, 0.3) is 0 Å². The Labute approximate surface area is 69.8 Å². The number of hydrogen-bond acceptors (Lipinski definition) is 4. The van der Waals surface area contributed by atoms with Crippen molar-refractivity contribution >= 4 is 11.6 Å². The molecule has 0 aliphatic carbocycles. The molecular weight excluding hydrogens is 157 g/mol. The number of rotatable bonds is 1. The van der Waals surface area contributed by atoms with E-state index in [-0.39, 0.29) is 0 Å². The zero-order chi connectivity index (χ0) is 8.39. The van der Waals surface area contributed by atoms with Crippen molar-refractivity contribution in [1.82, 2.24) is 15.4 Å². The molecule has 0 unspecified atom stereocenters. The second-order valence-electron chi connectivity index (χ2n) is 2.85. The van der Waals surface area contributed by atoms with Crippen LogP contribution in [0.4, 0.5) is 5.82 Å². The Morgan fingerprint density at radius 2 is 2.17 bits per heavy atom. The summed E-state index contributed by atoms with van der Waals surface area (Å²) in [6.07, 6.45) is 2.94. The number of nitrogens with one attached hydrogen (secondary N) is 1. The Balaban J connectivity index is 2.03. The number of nitrogens with zero attached hydrogens (tertiary/aromatic N) is 3. The molecule has 1 aromatic rings. The zero-order valence-corrected chi connectivity index (χ0v) is 6.66. The highest BCUT2D eigenvalue weighted by atomic mass is 16.1. The summed E-state index contributed by atoms with van der Waals surface area (Å²) in [5.41, 5.74) is 0. The number of hydrogen-bond donors (Lipinski definition) is 1. The number of H-pyrrole nitrogens is 1. The summed E-state index contributed by atoms with van der Waals surface area (Å²) in [6.45, 7) is 1.54. The van der Waals surface area contributed by atoms with Gasteiger partial charge in [0.25, 0.3) is 0 Å². The molecule has 64 valence electrons. The van der Waals surface area contributed by atoms with Gasteiger partial charge < -0.3 is 4.90 Å². The van der Waals surface area contributed by atoms with Gasteiger partial charge >= 0.3 is 0 Å². The van der Waals surface area contributed by atoms with Crippen LogP contribution in [0.15, 0.2) is 6.20 Å². The summed E-state index contributed by atoms with van der Waals surface area (Å²) in [4.78, 5) is 13.0. The summed E-state index contributed by atoms with van der Waals surface area (Å²) in [5.74, 6) is 1.18. The number of carbonyl (C=O) groups excluding carboxylic acids is 1. The largest absolute Gasteiger partial charge is 0.353 e. The molecule has 5 heteroatoms. The quantitative estimate of drug-likeness (QED) is 0.597. The number of aromatic nitrogens is 3. The fourth-order valence-corrected chi connectivity index (χ4v) is 1.33. The standard InChI is InChI=1S/C7H10N4O/c12-6-1-3-11(4-2-6)7-5-8-10-9-7/h5H,1-4H2,(H,8,9,10)/i1+1. The molecule has 1 aromatic heterocycles. The zero-order valence-electron chi connectivity index (χ0n) is 6.66. The summed E-state index contributed by atoms with van der Waals surface area (Å²) < 4.78 is 0. The third-order valence-electron chi connectivity index (χ3n) is 2.05. The molecule has 12 heavy (non-hydrogen) atoms. The van der Waals surface area contributed by atoms with E-state index in [1.807, 2.05) is 0 Å². The predicted molar refractivity (Wildman–Crippen MR) is 42.8 cm³/mol. The SMILES string of the molecule is O=C1CCN(c2cn[nH]n2)C[13CH2]1. The minimum atomic E-state index is 0.342. The van der Waals surface area contributed by atoms with Gasteiger partial charge in [0, 0.05) is 25.9 Å². The van der Waals surface area contributed by atoms with Crippen LogP contribution in [0.2, 0.25) is 0 Å². The predicted octanol–water partition coefficient (Wildman–Crippen LogP) is -0.0260. The van der Waals surface area contributed by atoms with E-state index in [4.69, 9.17) is 0 Å². The topological polar surface area (TPSA) is 61.9 Å². The van der Waals surface area contributed by atoms with Gasteiger partial charge in [0.1, 0.15) is 5.78 Å². The van der Waals surface area contributed by atoms with E-state index in [1.54, 1.807) is 6.20 Å². The smallest absolute Gasteiger partial charge is 0.170 e. The lowest BCUT2D eigenvalue weighted by molar-refractivity contribution is -0.119. The van der Waals surface area contributed by atoms with Crippen molar-refractivity contribution in [3.63, 3.8) is 0 Å². The van der Waals surface area contributed by atoms with Crippen molar-refractivity contribution in [1.29, 1.82) is 0 Å². The number of Topliss-reactive ketones (excluding diaryl/α,β-unsaturated/α-hetero) is 1. The van der Waals surface area contributed by atoms with Crippen LogP contribution < -0.4 is 4.90 Å². The van der Waals surface area contributed by atoms with Gasteiger partial charge in [-0.05, 0) is 0 Å².